The van der Waals surface area contributed by atoms with E-state index < -0.39 is 0 Å². The summed E-state index contributed by atoms with van der Waals surface area (Å²) in [6, 6.07) is 78.3. The number of anilines is 9. The second-order valence-corrected chi connectivity index (χ2v) is 14.6. The van der Waals surface area contributed by atoms with Gasteiger partial charge in [-0.25, -0.2) is 0 Å². The lowest BCUT2D eigenvalue weighted by molar-refractivity contribution is 0.477. The smallest absolute Gasteiger partial charge is 0.152 e. The Hall–Kier alpha value is -8.02. The molecule has 5 nitrogen and oxygen atoms in total. The van der Waals surface area contributed by atoms with Crippen LogP contribution in [0.4, 0.5) is 51.2 Å². The van der Waals surface area contributed by atoms with Crippen LogP contribution in [0.25, 0.3) is 22.3 Å². The third kappa shape index (κ3) is 6.22. The van der Waals surface area contributed by atoms with Gasteiger partial charge in [0.2, 0.25) is 0 Å². The van der Waals surface area contributed by atoms with E-state index in [1.165, 1.54) is 0 Å². The Bertz CT molecular complexity index is 2750. The van der Waals surface area contributed by atoms with Crippen LogP contribution in [-0.2, 0) is 0 Å². The highest BCUT2D eigenvalue weighted by atomic mass is 16.5. The first kappa shape index (κ1) is 34.2. The summed E-state index contributed by atoms with van der Waals surface area (Å²) in [5.74, 6) is 3.32. The van der Waals surface area contributed by atoms with Crippen LogP contribution >= 0.6 is 0 Å². The zero-order valence-electron chi connectivity index (χ0n) is 32.0. The zero-order chi connectivity index (χ0) is 39.1. The van der Waals surface area contributed by atoms with Gasteiger partial charge in [-0.05, 0) is 131 Å². The summed E-state index contributed by atoms with van der Waals surface area (Å²) in [6.45, 7) is 0. The van der Waals surface area contributed by atoms with Crippen LogP contribution in [0, 0.1) is 0 Å². The predicted molar refractivity (Wildman–Crippen MR) is 242 cm³/mol. The number of benzene rings is 9. The predicted octanol–water partition coefficient (Wildman–Crippen LogP) is 15.6. The molecule has 0 unspecified atom stereocenters. The van der Waals surface area contributed by atoms with Crippen molar-refractivity contribution in [2.45, 2.75) is 0 Å². The van der Waals surface area contributed by atoms with Gasteiger partial charge in [-0.15, -0.1) is 0 Å². The molecule has 0 aromatic heterocycles. The molecule has 5 heteroatoms. The van der Waals surface area contributed by atoms with E-state index in [2.05, 4.69) is 203 Å². The van der Waals surface area contributed by atoms with E-state index in [0.717, 1.165) is 96.4 Å². The van der Waals surface area contributed by atoms with Gasteiger partial charge in [-0.3, -0.25) is 0 Å². The molecule has 2 aliphatic heterocycles. The Morgan fingerprint density at radius 2 is 0.610 bits per heavy atom. The van der Waals surface area contributed by atoms with Gasteiger partial charge in [0.05, 0.1) is 22.7 Å². The maximum Gasteiger partial charge on any atom is 0.152 e. The Balaban J connectivity index is 0.899. The molecule has 0 N–H and O–H groups in total. The van der Waals surface area contributed by atoms with E-state index in [4.69, 9.17) is 9.47 Å². The highest BCUT2D eigenvalue weighted by Crippen LogP contribution is 2.53. The molecule has 0 bridgehead atoms. The largest absolute Gasteiger partial charge is 0.453 e. The minimum atomic E-state index is 0.823. The van der Waals surface area contributed by atoms with Gasteiger partial charge in [0, 0.05) is 28.4 Å². The van der Waals surface area contributed by atoms with Crippen molar-refractivity contribution >= 4 is 51.2 Å². The molecule has 9 aromatic rings. The van der Waals surface area contributed by atoms with Gasteiger partial charge in [-0.2, -0.15) is 0 Å². The highest BCUT2D eigenvalue weighted by Gasteiger charge is 2.27. The Morgan fingerprint density at radius 1 is 0.271 bits per heavy atom. The summed E-state index contributed by atoms with van der Waals surface area (Å²) in [4.78, 5) is 6.83. The molecule has 0 atom stereocenters. The molecule has 59 heavy (non-hydrogen) atoms. The first-order valence-corrected chi connectivity index (χ1v) is 19.8. The Kier molecular flexibility index (Phi) is 8.41. The van der Waals surface area contributed by atoms with Crippen molar-refractivity contribution in [2.24, 2.45) is 0 Å². The van der Waals surface area contributed by atoms with Crippen molar-refractivity contribution in [1.82, 2.24) is 0 Å². The number of ether oxygens (including phenoxy) is 2. The maximum absolute atomic E-state index is 6.52. The number of hydrogen-bond acceptors (Lipinski definition) is 5. The molecular formula is C54H37N3O2. The third-order valence-electron chi connectivity index (χ3n) is 11.0. The van der Waals surface area contributed by atoms with E-state index in [1.54, 1.807) is 0 Å². The molecule has 11 rings (SSSR count). The standard InChI is InChI=1S/C54H37N3O2/c1-4-14-42(15-5-1)55(45-30-24-38(25-31-45)40-28-34-49-53(36-40)58-51-22-12-10-20-47(51)56(49)43-16-6-2-7-17-43)46-32-26-39(27-33-46)41-29-35-50-54(37-41)59-52-23-13-11-21-48(52)57(50)44-18-8-3-9-19-44/h1-37H. The second kappa shape index (κ2) is 14.5. The lowest BCUT2D eigenvalue weighted by Gasteiger charge is -2.33. The summed E-state index contributed by atoms with van der Waals surface area (Å²) < 4.78 is 13.0. The third-order valence-corrected chi connectivity index (χ3v) is 11.0. The lowest BCUT2D eigenvalue weighted by atomic mass is 10.0. The van der Waals surface area contributed by atoms with Crippen LogP contribution in [0.5, 0.6) is 23.0 Å². The molecule has 280 valence electrons. The van der Waals surface area contributed by atoms with Gasteiger partial charge < -0.3 is 24.2 Å². The Morgan fingerprint density at radius 3 is 1.05 bits per heavy atom. The summed E-state index contributed by atoms with van der Waals surface area (Å²) in [5.41, 5.74) is 13.8. The molecule has 0 fully saturated rings. The minimum absolute atomic E-state index is 0.823. The zero-order valence-corrected chi connectivity index (χ0v) is 32.0. The van der Waals surface area contributed by atoms with E-state index >= 15 is 0 Å². The first-order valence-electron chi connectivity index (χ1n) is 19.8. The minimum Gasteiger partial charge on any atom is -0.453 e. The summed E-state index contributed by atoms with van der Waals surface area (Å²) in [6.07, 6.45) is 0. The van der Waals surface area contributed by atoms with E-state index in [0.29, 0.717) is 0 Å². The quantitative estimate of drug-likeness (QED) is 0.161. The van der Waals surface area contributed by atoms with Crippen LogP contribution in [0.1, 0.15) is 0 Å². The van der Waals surface area contributed by atoms with Gasteiger partial charge in [0.15, 0.2) is 23.0 Å². The van der Waals surface area contributed by atoms with Gasteiger partial charge in [0.1, 0.15) is 0 Å². The van der Waals surface area contributed by atoms with Gasteiger partial charge >= 0.3 is 0 Å². The SMILES string of the molecule is c1ccc(N(c2ccc(-c3ccc4c(c3)Oc3ccccc3N4c3ccccc3)cc2)c2ccc(-c3ccc4c(c3)Oc3ccccc3N4c3ccccc3)cc2)cc1. The van der Waals surface area contributed by atoms with Crippen LogP contribution in [0.2, 0.25) is 0 Å². The molecule has 0 spiro atoms. The van der Waals surface area contributed by atoms with Crippen LogP contribution in [0.15, 0.2) is 224 Å². The summed E-state index contributed by atoms with van der Waals surface area (Å²) in [5, 5.41) is 0. The number of rotatable bonds is 7. The lowest BCUT2D eigenvalue weighted by Crippen LogP contribution is -2.15. The molecule has 2 aliphatic rings. The first-order chi connectivity index (χ1) is 29.2. The van der Waals surface area contributed by atoms with E-state index in [9.17, 15) is 0 Å². The number of nitrogens with zero attached hydrogens (tertiary/aromatic N) is 3. The molecular weight excluding hydrogens is 723 g/mol. The van der Waals surface area contributed by atoms with Crippen LogP contribution in [0.3, 0.4) is 0 Å². The van der Waals surface area contributed by atoms with Crippen LogP contribution < -0.4 is 24.2 Å². The maximum atomic E-state index is 6.52. The van der Waals surface area contributed by atoms with Gasteiger partial charge in [0.25, 0.3) is 0 Å². The number of fused-ring (bicyclic) bond motifs is 4. The van der Waals surface area contributed by atoms with Crippen molar-refractivity contribution in [1.29, 1.82) is 0 Å². The molecule has 9 aromatic carbocycles. The topological polar surface area (TPSA) is 28.2 Å². The molecule has 0 aliphatic carbocycles. The van der Waals surface area contributed by atoms with Crippen molar-refractivity contribution in [3.05, 3.63) is 224 Å². The number of hydrogen-bond donors (Lipinski definition) is 0. The average Bonchev–Trinajstić information content (AvgIpc) is 3.31. The molecule has 0 radical (unpaired) electrons. The second-order valence-electron chi connectivity index (χ2n) is 14.6. The summed E-state index contributed by atoms with van der Waals surface area (Å²) >= 11 is 0. The normalized spacial score (nSPS) is 12.3. The average molecular weight is 760 g/mol. The van der Waals surface area contributed by atoms with E-state index in [-0.39, 0.29) is 0 Å². The monoisotopic (exact) mass is 759 g/mol. The summed E-state index contributed by atoms with van der Waals surface area (Å²) in [7, 11) is 0. The van der Waals surface area contributed by atoms with Crippen molar-refractivity contribution in [3.8, 4) is 45.3 Å². The molecule has 0 amide bonds. The van der Waals surface area contributed by atoms with E-state index in [1.807, 2.05) is 36.4 Å². The highest BCUT2D eigenvalue weighted by molar-refractivity contribution is 5.90. The Labute approximate surface area is 343 Å². The van der Waals surface area contributed by atoms with Crippen molar-refractivity contribution in [3.63, 3.8) is 0 Å². The molecule has 0 saturated carbocycles. The fraction of sp³-hybridized carbons (Fsp3) is 0. The van der Waals surface area contributed by atoms with Crippen molar-refractivity contribution in [2.75, 3.05) is 14.7 Å². The molecule has 2 heterocycles. The molecule has 0 saturated heterocycles. The number of para-hydroxylation sites is 7. The van der Waals surface area contributed by atoms with Crippen molar-refractivity contribution < 1.29 is 9.47 Å². The fourth-order valence-electron chi connectivity index (χ4n) is 8.21. The van der Waals surface area contributed by atoms with Crippen LogP contribution in [-0.4, -0.2) is 0 Å². The van der Waals surface area contributed by atoms with Gasteiger partial charge in [-0.1, -0.05) is 115 Å². The fourth-order valence-corrected chi connectivity index (χ4v) is 8.21.